The molecule has 19 heteroatoms. The van der Waals surface area contributed by atoms with Gasteiger partial charge in [-0.3, -0.25) is 9.78 Å². The van der Waals surface area contributed by atoms with E-state index in [0.29, 0.717) is 78.8 Å². The molecule has 0 bridgehead atoms. The molecule has 41 heavy (non-hydrogen) atoms. The number of aryl methyl sites for hydroxylation is 1. The van der Waals surface area contributed by atoms with Gasteiger partial charge in [0.05, 0.1) is 52.9 Å². The van der Waals surface area contributed by atoms with Crippen molar-refractivity contribution in [2.45, 2.75) is 19.0 Å². The van der Waals surface area contributed by atoms with Crippen LogP contribution in [0.5, 0.6) is 0 Å². The van der Waals surface area contributed by atoms with Crippen molar-refractivity contribution in [2.24, 2.45) is 5.11 Å². The van der Waals surface area contributed by atoms with Gasteiger partial charge in [-0.05, 0) is 29.6 Å². The Labute approximate surface area is 258 Å². The first-order chi connectivity index (χ1) is 19.7. The minimum absolute atomic E-state index is 0.00980. The fourth-order valence-corrected chi connectivity index (χ4v) is 2.07. The van der Waals surface area contributed by atoms with E-state index in [2.05, 4.69) is 55.8 Å². The Morgan fingerprint density at radius 2 is 1.41 bits per heavy atom. The second-order valence-electron chi connectivity index (χ2n) is 6.89. The van der Waals surface area contributed by atoms with Crippen LogP contribution in [-0.2, 0) is 51.1 Å². The van der Waals surface area contributed by atoms with Gasteiger partial charge in [0.15, 0.2) is 0 Å². The molecule has 0 aliphatic rings. The number of azide groups is 1. The van der Waals surface area contributed by atoms with Gasteiger partial charge < -0.3 is 45.6 Å². The molecule has 0 saturated heterocycles. The third-order valence-electron chi connectivity index (χ3n) is 3.83. The number of alkyl halides is 3. The maximum absolute atomic E-state index is 11.7. The van der Waals surface area contributed by atoms with Gasteiger partial charge in [0.2, 0.25) is 5.91 Å². The molecule has 0 radical (unpaired) electrons. The van der Waals surface area contributed by atoms with E-state index in [1.165, 1.54) is 0 Å². The van der Waals surface area contributed by atoms with Crippen molar-refractivity contribution >= 4 is 31.2 Å². The van der Waals surface area contributed by atoms with E-state index >= 15 is 0 Å². The number of nitrogens with one attached hydrogen (secondary N) is 3. The summed E-state index contributed by atoms with van der Waals surface area (Å²) in [5, 5.41) is 15.0. The second kappa shape index (κ2) is 34.6. The Hall–Kier alpha value is -1.63. The van der Waals surface area contributed by atoms with E-state index in [9.17, 15) is 18.0 Å². The van der Waals surface area contributed by atoms with E-state index in [4.69, 9.17) is 45.8 Å². The molecular weight excluding hydrogens is 853 g/mol. The number of aliphatic carboxylic acids is 1. The Kier molecular flexibility index (Phi) is 36.9. The number of aromatic nitrogens is 1. The van der Waals surface area contributed by atoms with E-state index < -0.39 is 12.1 Å². The molecule has 1 amide bonds. The van der Waals surface area contributed by atoms with Crippen molar-refractivity contribution in [3.05, 3.63) is 52.0 Å². The summed E-state index contributed by atoms with van der Waals surface area (Å²) < 4.78 is 52.8. The number of carbonyl (C=O) groups is 2. The van der Waals surface area contributed by atoms with Crippen LogP contribution in [0, 0.1) is 0 Å². The first-order valence-electron chi connectivity index (χ1n) is 11.9. The fraction of sp³-hybridized carbons (Fsp3) is 0.682. The molecule has 3 N–H and O–H groups in total. The van der Waals surface area contributed by atoms with Gasteiger partial charge in [0.1, 0.15) is 5.97 Å². The van der Waals surface area contributed by atoms with Gasteiger partial charge in [-0.1, -0.05) is 5.11 Å². The number of hydrogen-bond acceptors (Lipinski definition) is 9. The zero-order valence-corrected chi connectivity index (χ0v) is 26.6. The number of nitrogens with zero attached hydrogens (tertiary/aromatic N) is 4. The number of ether oxygens (including phenoxy) is 4. The van der Waals surface area contributed by atoms with E-state index in [1.54, 1.807) is 12.4 Å². The number of rotatable bonds is 19. The van der Waals surface area contributed by atoms with Crippen LogP contribution in [0.4, 0.5) is 13.2 Å². The van der Waals surface area contributed by atoms with Gasteiger partial charge in [-0.15, -0.1) is 0 Å². The molecule has 0 aliphatic carbocycles. The molecule has 0 fully saturated rings. The molecule has 1 aromatic heterocycles. The maximum atomic E-state index is 11.7. The Balaban J connectivity index is -0.000000926. The number of carboxylic acid groups (broad SMARTS) is 1. The van der Waals surface area contributed by atoms with E-state index in [-0.39, 0.29) is 19.0 Å². The van der Waals surface area contributed by atoms with Crippen LogP contribution in [0.25, 0.3) is 21.9 Å². The zero-order chi connectivity index (χ0) is 31.6. The number of halogens is 4. The molecule has 0 aromatic carbocycles. The van der Waals surface area contributed by atoms with Crippen LogP contribution in [-0.4, -0.2) is 102 Å². The fourth-order valence-electron chi connectivity index (χ4n) is 2.07. The second-order valence-corrected chi connectivity index (χ2v) is 6.89. The number of hydrogen-bond donors (Lipinski definition) is 1. The third-order valence-corrected chi connectivity index (χ3v) is 3.83. The summed E-state index contributed by atoms with van der Waals surface area (Å²) in [5.41, 5.74) is 21.7. The van der Waals surface area contributed by atoms with Crippen molar-refractivity contribution in [2.75, 3.05) is 79.0 Å². The molecule has 0 atom stereocenters. The van der Waals surface area contributed by atoms with Crippen LogP contribution in [0.1, 0.15) is 12.0 Å². The Morgan fingerprint density at radius 1 is 0.976 bits per heavy atom. The van der Waals surface area contributed by atoms with Crippen LogP contribution >= 0.6 is 19.4 Å². The van der Waals surface area contributed by atoms with Crippen molar-refractivity contribution in [1.82, 2.24) is 10.3 Å². The molecule has 0 aliphatic heterocycles. The summed E-state index contributed by atoms with van der Waals surface area (Å²) in [7, 11) is 0. The first-order valence-corrected chi connectivity index (χ1v) is 18.3. The Bertz CT molecular complexity index is 784. The summed E-state index contributed by atoms with van der Waals surface area (Å²) in [4.78, 5) is 27.1. The van der Waals surface area contributed by atoms with Crippen LogP contribution < -0.4 is 10.4 Å². The topological polar surface area (TPSA) is 215 Å². The SMILES string of the molecule is O=C([O-])C(F)(F)F.[I][Pt].[N-]=[N+]=NCCOCCOCCOCCOCCNC(=O)CCc1ccncc1.[NH-]CC[NH-]. The average Bonchev–Trinajstić information content (AvgIpc) is 2.97. The number of carbonyl (C=O) groups excluding carboxylic acids is 2. The maximum Gasteiger partial charge on any atom is 0.220 e. The summed E-state index contributed by atoms with van der Waals surface area (Å²) in [5.74, 6) is -3.00. The average molecular weight is 889 g/mol. The molecule has 0 spiro atoms. The summed E-state index contributed by atoms with van der Waals surface area (Å²) >= 11 is 4.23. The zero-order valence-electron chi connectivity index (χ0n) is 22.2. The van der Waals surface area contributed by atoms with Crippen molar-refractivity contribution in [1.29, 1.82) is 0 Å². The normalized spacial score (nSPS) is 9.95. The molecule has 0 unspecified atom stereocenters. The standard InChI is InChI=1S/C18H29N5O5.C2HF3O2.C2H6N2.HI.Pt/c19-23-22-8-10-26-12-14-28-16-15-27-13-11-25-9-7-21-18(24)2-1-17-3-5-20-6-4-17;3-2(4,5)1(6)7;3-1-2-4;;/h3-6H,1-2,7-16H2,(H,21,24);(H,6,7);3-4H,1-2H2;1H;/q;;-2;;+1/p-2. The largest absolute Gasteiger partial charge is 0.679 e. The van der Waals surface area contributed by atoms with Gasteiger partial charge in [-0.2, -0.15) is 26.3 Å². The van der Waals surface area contributed by atoms with Crippen LogP contribution in [0.15, 0.2) is 29.6 Å². The van der Waals surface area contributed by atoms with Gasteiger partial charge in [-0.25, -0.2) is 0 Å². The molecule has 1 heterocycles. The quantitative estimate of drug-likeness (QED) is 0.0715. The molecular formula is C22H35F3IN7O7Pt-3. The predicted molar refractivity (Wildman–Crippen MR) is 146 cm³/mol. The Morgan fingerprint density at radius 3 is 1.83 bits per heavy atom. The third kappa shape index (κ3) is 38.4. The molecule has 0 saturated carbocycles. The van der Waals surface area contributed by atoms with Crippen molar-refractivity contribution in [3.63, 3.8) is 0 Å². The van der Waals surface area contributed by atoms with Gasteiger partial charge in [0.25, 0.3) is 0 Å². The van der Waals surface area contributed by atoms with E-state index in [0.717, 1.165) is 5.56 Å². The van der Waals surface area contributed by atoms with Gasteiger partial charge >= 0.3 is 41.7 Å². The van der Waals surface area contributed by atoms with Crippen molar-refractivity contribution < 1.29 is 62.9 Å². The number of carboxylic acids is 1. The van der Waals surface area contributed by atoms with Crippen molar-refractivity contribution in [3.8, 4) is 0 Å². The number of amides is 1. The number of pyridine rings is 1. The molecule has 1 rings (SSSR count). The minimum atomic E-state index is -5.19. The molecule has 14 nitrogen and oxygen atoms in total. The minimum Gasteiger partial charge on any atom is -0.679 e. The summed E-state index contributed by atoms with van der Waals surface area (Å²) in [6, 6.07) is 3.81. The molecule has 1 aromatic rings. The first kappa shape index (κ1) is 43.8. The van der Waals surface area contributed by atoms with Crippen LogP contribution in [0.2, 0.25) is 0 Å². The smallest absolute Gasteiger partial charge is 0.220 e. The predicted octanol–water partition coefficient (Wildman–Crippen LogP) is 2.78. The monoisotopic (exact) mass is 888 g/mol. The van der Waals surface area contributed by atoms with Crippen LogP contribution in [0.3, 0.4) is 0 Å². The van der Waals surface area contributed by atoms with Gasteiger partial charge in [0, 0.05) is 36.8 Å². The molecule has 241 valence electrons. The summed E-state index contributed by atoms with van der Waals surface area (Å²) in [6.45, 7) is 4.96. The summed E-state index contributed by atoms with van der Waals surface area (Å²) in [6.07, 6.45) is -0.598. The van der Waals surface area contributed by atoms with E-state index in [1.807, 2.05) is 12.1 Å².